The number of nitrogens with zero attached hydrogens (tertiary/aromatic N) is 1. The number of benzene rings is 1. The van der Waals surface area contributed by atoms with Gasteiger partial charge in [-0.3, -0.25) is 0 Å². The average molecular weight is 240 g/mol. The standard InChI is InChI=1S/C13H18ClNO/c1-10-8-15(9-11(2)16-10)13-5-3-12(7-14)4-6-13/h3-6,10-11H,7-9H2,1-2H3. The molecule has 1 aromatic carbocycles. The third-order valence-corrected chi connectivity index (χ3v) is 3.18. The van der Waals surface area contributed by atoms with E-state index in [1.165, 1.54) is 11.3 Å². The van der Waals surface area contributed by atoms with E-state index < -0.39 is 0 Å². The van der Waals surface area contributed by atoms with Crippen molar-refractivity contribution in [1.82, 2.24) is 0 Å². The summed E-state index contributed by atoms with van der Waals surface area (Å²) in [7, 11) is 0. The summed E-state index contributed by atoms with van der Waals surface area (Å²) in [4.78, 5) is 2.37. The van der Waals surface area contributed by atoms with Crippen molar-refractivity contribution in [2.45, 2.75) is 31.9 Å². The summed E-state index contributed by atoms with van der Waals surface area (Å²) in [6.45, 7) is 6.17. The molecule has 2 unspecified atom stereocenters. The molecule has 2 atom stereocenters. The molecule has 1 saturated heterocycles. The second kappa shape index (κ2) is 5.07. The fourth-order valence-electron chi connectivity index (χ4n) is 2.18. The first kappa shape index (κ1) is 11.7. The van der Waals surface area contributed by atoms with Gasteiger partial charge in [-0.2, -0.15) is 0 Å². The number of rotatable bonds is 2. The molecule has 0 radical (unpaired) electrons. The fourth-order valence-corrected chi connectivity index (χ4v) is 2.36. The SMILES string of the molecule is CC1CN(c2ccc(CCl)cc2)CC(C)O1. The van der Waals surface area contributed by atoms with Gasteiger partial charge in [-0.05, 0) is 31.5 Å². The molecule has 1 heterocycles. The maximum Gasteiger partial charge on any atom is 0.0726 e. The highest BCUT2D eigenvalue weighted by Crippen LogP contribution is 2.21. The number of halogens is 1. The smallest absolute Gasteiger partial charge is 0.0726 e. The lowest BCUT2D eigenvalue weighted by Gasteiger charge is -2.36. The Morgan fingerprint density at radius 1 is 1.19 bits per heavy atom. The van der Waals surface area contributed by atoms with Gasteiger partial charge in [-0.15, -0.1) is 11.6 Å². The second-order valence-electron chi connectivity index (χ2n) is 4.46. The Bertz CT molecular complexity index is 328. The molecule has 2 rings (SSSR count). The van der Waals surface area contributed by atoms with Gasteiger partial charge in [-0.25, -0.2) is 0 Å². The number of hydrogen-bond acceptors (Lipinski definition) is 2. The van der Waals surface area contributed by atoms with Crippen LogP contribution in [0.4, 0.5) is 5.69 Å². The molecule has 2 nitrogen and oxygen atoms in total. The third-order valence-electron chi connectivity index (χ3n) is 2.88. The highest BCUT2D eigenvalue weighted by Gasteiger charge is 2.22. The largest absolute Gasteiger partial charge is 0.372 e. The van der Waals surface area contributed by atoms with Crippen LogP contribution >= 0.6 is 11.6 Å². The van der Waals surface area contributed by atoms with E-state index >= 15 is 0 Å². The molecule has 0 amide bonds. The summed E-state index contributed by atoms with van der Waals surface area (Å²) < 4.78 is 5.72. The van der Waals surface area contributed by atoms with Gasteiger partial charge in [0.15, 0.2) is 0 Å². The van der Waals surface area contributed by atoms with E-state index in [-0.39, 0.29) is 0 Å². The van der Waals surface area contributed by atoms with E-state index in [0.29, 0.717) is 18.1 Å². The lowest BCUT2D eigenvalue weighted by Crippen LogP contribution is -2.45. The van der Waals surface area contributed by atoms with Crippen molar-refractivity contribution in [3.8, 4) is 0 Å². The normalized spacial score (nSPS) is 25.8. The van der Waals surface area contributed by atoms with Gasteiger partial charge in [0.2, 0.25) is 0 Å². The van der Waals surface area contributed by atoms with E-state index in [4.69, 9.17) is 16.3 Å². The van der Waals surface area contributed by atoms with Crippen LogP contribution in [0.5, 0.6) is 0 Å². The zero-order valence-corrected chi connectivity index (χ0v) is 10.6. The number of ether oxygens (including phenoxy) is 1. The van der Waals surface area contributed by atoms with Gasteiger partial charge in [0.1, 0.15) is 0 Å². The van der Waals surface area contributed by atoms with E-state index in [2.05, 4.69) is 43.0 Å². The minimum Gasteiger partial charge on any atom is -0.372 e. The quantitative estimate of drug-likeness (QED) is 0.736. The molecular formula is C13H18ClNO. The zero-order chi connectivity index (χ0) is 11.5. The predicted molar refractivity (Wildman–Crippen MR) is 68.2 cm³/mol. The Hall–Kier alpha value is -0.730. The van der Waals surface area contributed by atoms with Gasteiger partial charge >= 0.3 is 0 Å². The van der Waals surface area contributed by atoms with Crippen molar-refractivity contribution in [2.24, 2.45) is 0 Å². The maximum absolute atomic E-state index is 5.78. The predicted octanol–water partition coefficient (Wildman–Crippen LogP) is 3.04. The molecule has 1 aliphatic heterocycles. The lowest BCUT2D eigenvalue weighted by molar-refractivity contribution is -0.00521. The van der Waals surface area contributed by atoms with Crippen LogP contribution in [0.1, 0.15) is 19.4 Å². The summed E-state index contributed by atoms with van der Waals surface area (Å²) in [5.41, 5.74) is 2.43. The molecule has 0 spiro atoms. The molecule has 0 bridgehead atoms. The number of alkyl halides is 1. The van der Waals surface area contributed by atoms with Crippen molar-refractivity contribution in [2.75, 3.05) is 18.0 Å². The topological polar surface area (TPSA) is 12.5 Å². The van der Waals surface area contributed by atoms with Crippen LogP contribution in [0.2, 0.25) is 0 Å². The second-order valence-corrected chi connectivity index (χ2v) is 4.73. The van der Waals surface area contributed by atoms with E-state index in [1.807, 2.05) is 0 Å². The highest BCUT2D eigenvalue weighted by atomic mass is 35.5. The zero-order valence-electron chi connectivity index (χ0n) is 9.82. The number of anilines is 1. The van der Waals surface area contributed by atoms with Crippen molar-refractivity contribution in [1.29, 1.82) is 0 Å². The Morgan fingerprint density at radius 2 is 1.75 bits per heavy atom. The molecule has 88 valence electrons. The van der Waals surface area contributed by atoms with Crippen LogP contribution in [0, 0.1) is 0 Å². The first-order chi connectivity index (χ1) is 7.69. The molecule has 16 heavy (non-hydrogen) atoms. The fraction of sp³-hybridized carbons (Fsp3) is 0.538. The maximum atomic E-state index is 5.78. The van der Waals surface area contributed by atoms with Crippen LogP contribution in [-0.2, 0) is 10.6 Å². The molecule has 0 aliphatic carbocycles. The van der Waals surface area contributed by atoms with Crippen LogP contribution in [0.25, 0.3) is 0 Å². The third kappa shape index (κ3) is 2.69. The monoisotopic (exact) mass is 239 g/mol. The van der Waals surface area contributed by atoms with Crippen molar-refractivity contribution < 1.29 is 4.74 Å². The summed E-state index contributed by atoms with van der Waals surface area (Å²) in [6.07, 6.45) is 0.605. The number of hydrogen-bond donors (Lipinski definition) is 0. The molecule has 1 aliphatic rings. The first-order valence-corrected chi connectivity index (χ1v) is 6.28. The minimum atomic E-state index is 0.302. The Balaban J connectivity index is 2.10. The van der Waals surface area contributed by atoms with Crippen LogP contribution in [0.3, 0.4) is 0 Å². The molecule has 0 aromatic heterocycles. The van der Waals surface area contributed by atoms with Gasteiger partial charge in [0.25, 0.3) is 0 Å². The molecule has 0 N–H and O–H groups in total. The van der Waals surface area contributed by atoms with Crippen molar-refractivity contribution in [3.63, 3.8) is 0 Å². The van der Waals surface area contributed by atoms with Gasteiger partial charge < -0.3 is 9.64 Å². The summed E-state index contributed by atoms with van der Waals surface area (Å²) >= 11 is 5.78. The highest BCUT2D eigenvalue weighted by molar-refractivity contribution is 6.17. The lowest BCUT2D eigenvalue weighted by atomic mass is 10.1. The van der Waals surface area contributed by atoms with E-state index in [9.17, 15) is 0 Å². The van der Waals surface area contributed by atoms with Crippen molar-refractivity contribution >= 4 is 17.3 Å². The average Bonchev–Trinajstić information content (AvgIpc) is 2.28. The van der Waals surface area contributed by atoms with Crippen molar-refractivity contribution in [3.05, 3.63) is 29.8 Å². The first-order valence-electron chi connectivity index (χ1n) is 5.74. The Kier molecular flexibility index (Phi) is 3.72. The van der Waals surface area contributed by atoms with E-state index in [0.717, 1.165) is 13.1 Å². The van der Waals surface area contributed by atoms with Gasteiger partial charge in [0, 0.05) is 24.7 Å². The molecule has 3 heteroatoms. The summed E-state index contributed by atoms with van der Waals surface area (Å²) in [5, 5.41) is 0. The molecule has 1 fully saturated rings. The molecular weight excluding hydrogens is 222 g/mol. The molecule has 1 aromatic rings. The van der Waals surface area contributed by atoms with E-state index in [1.54, 1.807) is 0 Å². The van der Waals surface area contributed by atoms with Crippen LogP contribution in [-0.4, -0.2) is 25.3 Å². The summed E-state index contributed by atoms with van der Waals surface area (Å²) in [6, 6.07) is 8.46. The van der Waals surface area contributed by atoms with Gasteiger partial charge in [0.05, 0.1) is 12.2 Å². The van der Waals surface area contributed by atoms with Crippen LogP contribution in [0.15, 0.2) is 24.3 Å². The number of morpholine rings is 1. The Labute approximate surface area is 102 Å². The summed E-state index contributed by atoms with van der Waals surface area (Å²) in [5.74, 6) is 0.580. The molecule has 0 saturated carbocycles. The van der Waals surface area contributed by atoms with Crippen LogP contribution < -0.4 is 4.90 Å². The minimum absolute atomic E-state index is 0.302. The Morgan fingerprint density at radius 3 is 2.25 bits per heavy atom. The van der Waals surface area contributed by atoms with Gasteiger partial charge in [-0.1, -0.05) is 12.1 Å².